The topological polar surface area (TPSA) is 59.1 Å². The molecule has 0 fully saturated rings. The number of nitrogens with one attached hydrogen (secondary N) is 2. The van der Waals surface area contributed by atoms with Gasteiger partial charge in [0, 0.05) is 23.3 Å². The van der Waals surface area contributed by atoms with Crippen LogP contribution in [0.4, 0.5) is 17.3 Å². The third kappa shape index (κ3) is 4.82. The van der Waals surface area contributed by atoms with Crippen molar-refractivity contribution in [2.75, 3.05) is 24.3 Å². The number of anilines is 3. The summed E-state index contributed by atoms with van der Waals surface area (Å²) in [7, 11) is 1.64. The summed E-state index contributed by atoms with van der Waals surface area (Å²) in [6.45, 7) is 3.39. The van der Waals surface area contributed by atoms with Crippen LogP contribution in [-0.4, -0.2) is 23.6 Å². The van der Waals surface area contributed by atoms with E-state index < -0.39 is 0 Å². The molecule has 1 aromatic carbocycles. The van der Waals surface area contributed by atoms with Crippen LogP contribution in [0.25, 0.3) is 0 Å². The summed E-state index contributed by atoms with van der Waals surface area (Å²) in [5, 5.41) is 6.62. The first-order valence-electron chi connectivity index (χ1n) is 6.85. The molecule has 0 aliphatic rings. The standard InChI is InChI=1S/C15H19IN4O/c1-3-8-17-13-9-14(20-15(19-13)10-21-2)18-12-7-5-4-6-11(12)16/h4-7,9H,3,8,10H2,1-2H3,(H2,17,18,19,20). The summed E-state index contributed by atoms with van der Waals surface area (Å²) in [6.07, 6.45) is 1.04. The Kier molecular flexibility index (Phi) is 6.19. The molecule has 2 N–H and O–H groups in total. The van der Waals surface area contributed by atoms with Gasteiger partial charge in [0.2, 0.25) is 0 Å². The number of ether oxygens (including phenoxy) is 1. The van der Waals surface area contributed by atoms with E-state index >= 15 is 0 Å². The lowest BCUT2D eigenvalue weighted by Gasteiger charge is -2.11. The van der Waals surface area contributed by atoms with Crippen LogP contribution in [0.15, 0.2) is 30.3 Å². The van der Waals surface area contributed by atoms with Crippen molar-refractivity contribution >= 4 is 39.9 Å². The van der Waals surface area contributed by atoms with Crippen LogP contribution < -0.4 is 10.6 Å². The highest BCUT2D eigenvalue weighted by Crippen LogP contribution is 2.22. The molecule has 0 amide bonds. The second kappa shape index (κ2) is 8.14. The average molecular weight is 398 g/mol. The van der Waals surface area contributed by atoms with Gasteiger partial charge in [-0.1, -0.05) is 19.1 Å². The van der Waals surface area contributed by atoms with E-state index in [0.717, 1.165) is 33.9 Å². The molecular weight excluding hydrogens is 379 g/mol. The number of aromatic nitrogens is 2. The molecule has 0 aliphatic heterocycles. The van der Waals surface area contributed by atoms with Crippen LogP contribution >= 0.6 is 22.6 Å². The van der Waals surface area contributed by atoms with Gasteiger partial charge in [-0.05, 0) is 41.1 Å². The van der Waals surface area contributed by atoms with Crippen LogP contribution in [0.5, 0.6) is 0 Å². The fraction of sp³-hybridized carbons (Fsp3) is 0.333. The molecule has 0 saturated heterocycles. The van der Waals surface area contributed by atoms with Gasteiger partial charge in [-0.15, -0.1) is 0 Å². The van der Waals surface area contributed by atoms with Gasteiger partial charge < -0.3 is 15.4 Å². The Labute approximate surface area is 138 Å². The summed E-state index contributed by atoms with van der Waals surface area (Å²) in [4.78, 5) is 8.91. The van der Waals surface area contributed by atoms with Crippen LogP contribution in [-0.2, 0) is 11.3 Å². The molecule has 1 aromatic heterocycles. The molecule has 0 unspecified atom stereocenters. The van der Waals surface area contributed by atoms with Crippen LogP contribution in [0.2, 0.25) is 0 Å². The molecule has 0 radical (unpaired) electrons. The summed E-state index contributed by atoms with van der Waals surface area (Å²) in [6, 6.07) is 10.0. The predicted molar refractivity (Wildman–Crippen MR) is 94.0 cm³/mol. The number of benzene rings is 1. The zero-order valence-corrected chi connectivity index (χ0v) is 14.3. The molecule has 1 heterocycles. The number of hydrogen-bond acceptors (Lipinski definition) is 5. The number of halogens is 1. The lowest BCUT2D eigenvalue weighted by molar-refractivity contribution is 0.178. The third-order valence-electron chi connectivity index (χ3n) is 2.74. The number of para-hydroxylation sites is 1. The molecule has 0 saturated carbocycles. The van der Waals surface area contributed by atoms with Crippen molar-refractivity contribution in [3.05, 3.63) is 39.7 Å². The minimum absolute atomic E-state index is 0.391. The molecule has 6 heteroatoms. The number of methoxy groups -OCH3 is 1. The van der Waals surface area contributed by atoms with Gasteiger partial charge in [-0.25, -0.2) is 9.97 Å². The molecule has 0 atom stereocenters. The molecule has 21 heavy (non-hydrogen) atoms. The largest absolute Gasteiger partial charge is 0.377 e. The first-order valence-corrected chi connectivity index (χ1v) is 7.93. The van der Waals surface area contributed by atoms with Gasteiger partial charge in [0.1, 0.15) is 18.2 Å². The fourth-order valence-electron chi connectivity index (χ4n) is 1.80. The third-order valence-corrected chi connectivity index (χ3v) is 3.68. The Morgan fingerprint density at radius 3 is 2.67 bits per heavy atom. The lowest BCUT2D eigenvalue weighted by Crippen LogP contribution is -2.08. The smallest absolute Gasteiger partial charge is 0.158 e. The van der Waals surface area contributed by atoms with Gasteiger partial charge in [0.25, 0.3) is 0 Å². The Balaban J connectivity index is 2.24. The van der Waals surface area contributed by atoms with E-state index in [9.17, 15) is 0 Å². The fourth-order valence-corrected chi connectivity index (χ4v) is 2.32. The molecule has 0 bridgehead atoms. The van der Waals surface area contributed by atoms with Crippen molar-refractivity contribution in [1.82, 2.24) is 9.97 Å². The van der Waals surface area contributed by atoms with Crippen molar-refractivity contribution in [2.24, 2.45) is 0 Å². The van der Waals surface area contributed by atoms with E-state index in [4.69, 9.17) is 4.74 Å². The highest BCUT2D eigenvalue weighted by Gasteiger charge is 2.06. The Bertz CT molecular complexity index is 592. The second-order valence-corrected chi connectivity index (χ2v) is 5.68. The maximum atomic E-state index is 5.13. The van der Waals surface area contributed by atoms with E-state index in [0.29, 0.717) is 12.4 Å². The van der Waals surface area contributed by atoms with Crippen molar-refractivity contribution in [3.63, 3.8) is 0 Å². The van der Waals surface area contributed by atoms with Crippen molar-refractivity contribution < 1.29 is 4.74 Å². The quantitative estimate of drug-likeness (QED) is 0.695. The molecule has 2 aromatic rings. The first-order chi connectivity index (χ1) is 10.2. The van der Waals surface area contributed by atoms with Crippen molar-refractivity contribution in [1.29, 1.82) is 0 Å². The minimum atomic E-state index is 0.391. The van der Waals surface area contributed by atoms with E-state index in [2.05, 4.69) is 56.2 Å². The Morgan fingerprint density at radius 1 is 1.19 bits per heavy atom. The van der Waals surface area contributed by atoms with Gasteiger partial charge in [-0.3, -0.25) is 0 Å². The van der Waals surface area contributed by atoms with E-state index in [-0.39, 0.29) is 0 Å². The van der Waals surface area contributed by atoms with Gasteiger partial charge in [0.15, 0.2) is 5.82 Å². The molecule has 5 nitrogen and oxygen atoms in total. The van der Waals surface area contributed by atoms with E-state index in [1.54, 1.807) is 7.11 Å². The zero-order chi connectivity index (χ0) is 15.1. The predicted octanol–water partition coefficient (Wildman–Crippen LogP) is 3.79. The first kappa shape index (κ1) is 16.0. The number of nitrogens with zero attached hydrogens (tertiary/aromatic N) is 2. The van der Waals surface area contributed by atoms with E-state index in [1.165, 1.54) is 0 Å². The molecule has 2 rings (SSSR count). The number of hydrogen-bond donors (Lipinski definition) is 2. The normalized spacial score (nSPS) is 10.4. The van der Waals surface area contributed by atoms with E-state index in [1.807, 2.05) is 24.3 Å². The van der Waals surface area contributed by atoms with Gasteiger partial charge in [-0.2, -0.15) is 0 Å². The monoisotopic (exact) mass is 398 g/mol. The lowest BCUT2D eigenvalue weighted by atomic mass is 10.3. The SMILES string of the molecule is CCCNc1cc(Nc2ccccc2I)nc(COC)n1. The molecular formula is C15H19IN4O. The summed E-state index contributed by atoms with van der Waals surface area (Å²) < 4.78 is 6.28. The summed E-state index contributed by atoms with van der Waals surface area (Å²) in [5.74, 6) is 2.24. The summed E-state index contributed by atoms with van der Waals surface area (Å²) in [5.41, 5.74) is 1.03. The zero-order valence-electron chi connectivity index (χ0n) is 12.2. The van der Waals surface area contributed by atoms with Gasteiger partial charge >= 0.3 is 0 Å². The average Bonchev–Trinajstić information content (AvgIpc) is 2.48. The number of rotatable bonds is 7. The van der Waals surface area contributed by atoms with Crippen LogP contribution in [0.1, 0.15) is 19.2 Å². The maximum Gasteiger partial charge on any atom is 0.158 e. The summed E-state index contributed by atoms with van der Waals surface area (Å²) >= 11 is 2.30. The van der Waals surface area contributed by atoms with Crippen molar-refractivity contribution in [2.45, 2.75) is 20.0 Å². The van der Waals surface area contributed by atoms with Crippen LogP contribution in [0.3, 0.4) is 0 Å². The Morgan fingerprint density at radius 2 is 1.95 bits per heavy atom. The highest BCUT2D eigenvalue weighted by atomic mass is 127. The molecule has 112 valence electrons. The highest BCUT2D eigenvalue weighted by molar-refractivity contribution is 14.1. The second-order valence-electron chi connectivity index (χ2n) is 4.52. The molecule has 0 spiro atoms. The van der Waals surface area contributed by atoms with Crippen LogP contribution in [0, 0.1) is 3.57 Å². The maximum absolute atomic E-state index is 5.13. The van der Waals surface area contributed by atoms with Gasteiger partial charge in [0.05, 0.1) is 5.69 Å². The minimum Gasteiger partial charge on any atom is -0.377 e. The molecule has 0 aliphatic carbocycles. The Hall–Kier alpha value is -1.41. The van der Waals surface area contributed by atoms with Crippen molar-refractivity contribution in [3.8, 4) is 0 Å².